The molecule has 8 heteroatoms. The summed E-state index contributed by atoms with van der Waals surface area (Å²) in [7, 11) is 0. The van der Waals surface area contributed by atoms with Gasteiger partial charge in [0.15, 0.2) is 0 Å². The van der Waals surface area contributed by atoms with Crippen LogP contribution in [-0.4, -0.2) is 54.0 Å². The molecule has 0 spiro atoms. The average molecular weight is 274 g/mol. The zero-order chi connectivity index (χ0) is 14.3. The number of urea groups is 1. The van der Waals surface area contributed by atoms with E-state index in [1.807, 2.05) is 0 Å². The van der Waals surface area contributed by atoms with Crippen molar-refractivity contribution >= 4 is 18.0 Å². The highest BCUT2D eigenvalue weighted by Gasteiger charge is 2.23. The normalized spacial score (nSPS) is 15.6. The number of rotatable bonds is 9. The number of carbonyl (C=O) groups is 3. The molecular formula is C11H18N2O6. The van der Waals surface area contributed by atoms with Gasteiger partial charge < -0.3 is 25.6 Å². The van der Waals surface area contributed by atoms with Crippen LogP contribution >= 0.6 is 0 Å². The number of amides is 2. The van der Waals surface area contributed by atoms with Crippen LogP contribution in [0.15, 0.2) is 0 Å². The largest absolute Gasteiger partial charge is 0.481 e. The molecule has 1 saturated carbocycles. The molecule has 1 atom stereocenters. The van der Waals surface area contributed by atoms with Crippen LogP contribution in [0.25, 0.3) is 0 Å². The van der Waals surface area contributed by atoms with E-state index in [-0.39, 0.29) is 6.54 Å². The second-order valence-electron chi connectivity index (χ2n) is 4.41. The van der Waals surface area contributed by atoms with E-state index in [9.17, 15) is 14.4 Å². The first kappa shape index (κ1) is 15.2. The molecule has 0 aromatic rings. The van der Waals surface area contributed by atoms with Crippen molar-refractivity contribution in [2.45, 2.75) is 25.3 Å². The van der Waals surface area contributed by atoms with Crippen LogP contribution in [0.3, 0.4) is 0 Å². The fourth-order valence-electron chi connectivity index (χ4n) is 1.36. The van der Waals surface area contributed by atoms with Crippen LogP contribution in [0.1, 0.15) is 19.3 Å². The molecule has 1 unspecified atom stereocenters. The minimum Gasteiger partial charge on any atom is -0.481 e. The molecule has 0 saturated heterocycles. The van der Waals surface area contributed by atoms with Crippen molar-refractivity contribution in [2.75, 3.05) is 19.8 Å². The van der Waals surface area contributed by atoms with Crippen molar-refractivity contribution in [1.29, 1.82) is 0 Å². The standard InChI is InChI=1S/C11H18N2O6/c14-9(15)5-8(10(16)17)13-11(18)12-3-4-19-6-7-1-2-7/h7-8H,1-6H2,(H,14,15)(H,16,17)(H2,12,13,18). The maximum atomic E-state index is 11.3. The third kappa shape index (κ3) is 7.24. The van der Waals surface area contributed by atoms with E-state index in [1.54, 1.807) is 0 Å². The van der Waals surface area contributed by atoms with Gasteiger partial charge in [0.2, 0.25) is 0 Å². The predicted molar refractivity (Wildman–Crippen MR) is 63.8 cm³/mol. The van der Waals surface area contributed by atoms with Gasteiger partial charge >= 0.3 is 18.0 Å². The lowest BCUT2D eigenvalue weighted by atomic mass is 10.2. The van der Waals surface area contributed by atoms with Crippen molar-refractivity contribution in [3.8, 4) is 0 Å². The Balaban J connectivity index is 2.12. The summed E-state index contributed by atoms with van der Waals surface area (Å²) in [4.78, 5) is 32.4. The van der Waals surface area contributed by atoms with Gasteiger partial charge in [-0.2, -0.15) is 0 Å². The molecule has 1 fully saturated rings. The van der Waals surface area contributed by atoms with Gasteiger partial charge in [0.05, 0.1) is 13.0 Å². The lowest BCUT2D eigenvalue weighted by molar-refractivity contribution is -0.145. The van der Waals surface area contributed by atoms with E-state index < -0.39 is 30.4 Å². The van der Waals surface area contributed by atoms with E-state index in [2.05, 4.69) is 10.6 Å². The third-order valence-electron chi connectivity index (χ3n) is 2.56. The molecular weight excluding hydrogens is 256 g/mol. The van der Waals surface area contributed by atoms with Gasteiger partial charge in [0, 0.05) is 13.2 Å². The zero-order valence-electron chi connectivity index (χ0n) is 10.4. The van der Waals surface area contributed by atoms with Gasteiger partial charge in [-0.05, 0) is 18.8 Å². The molecule has 1 rings (SSSR count). The first-order valence-electron chi connectivity index (χ1n) is 6.05. The quantitative estimate of drug-likeness (QED) is 0.425. The molecule has 1 aliphatic carbocycles. The average Bonchev–Trinajstić information content (AvgIpc) is 3.11. The molecule has 0 radical (unpaired) electrons. The van der Waals surface area contributed by atoms with Crippen LogP contribution in [0.2, 0.25) is 0 Å². The summed E-state index contributed by atoms with van der Waals surface area (Å²) in [6, 6.07) is -2.16. The Bertz CT molecular complexity index is 342. The second-order valence-corrected chi connectivity index (χ2v) is 4.41. The predicted octanol–water partition coefficient (Wildman–Crippen LogP) is -0.360. The number of carboxylic acid groups (broad SMARTS) is 2. The number of carboxylic acids is 2. The maximum absolute atomic E-state index is 11.3. The molecule has 0 aromatic heterocycles. The highest BCUT2D eigenvalue weighted by molar-refractivity contribution is 5.86. The molecule has 108 valence electrons. The van der Waals surface area contributed by atoms with Gasteiger partial charge in [-0.15, -0.1) is 0 Å². The molecule has 0 heterocycles. The number of aliphatic carboxylic acids is 2. The van der Waals surface area contributed by atoms with Gasteiger partial charge in [0.25, 0.3) is 0 Å². The number of hydrogen-bond acceptors (Lipinski definition) is 4. The molecule has 0 aliphatic heterocycles. The summed E-state index contributed by atoms with van der Waals surface area (Å²) < 4.78 is 5.27. The number of carbonyl (C=O) groups excluding carboxylic acids is 1. The highest BCUT2D eigenvalue weighted by Crippen LogP contribution is 2.28. The molecule has 19 heavy (non-hydrogen) atoms. The lowest BCUT2D eigenvalue weighted by Crippen LogP contribution is -2.47. The van der Waals surface area contributed by atoms with Gasteiger partial charge in [0.1, 0.15) is 6.04 Å². The summed E-state index contributed by atoms with van der Waals surface area (Å²) in [6.45, 7) is 1.28. The Morgan fingerprint density at radius 1 is 1.26 bits per heavy atom. The summed E-state index contributed by atoms with van der Waals surface area (Å²) in [5.74, 6) is -2.04. The molecule has 8 nitrogen and oxygen atoms in total. The molecule has 1 aliphatic rings. The molecule has 2 amide bonds. The minimum absolute atomic E-state index is 0.248. The topological polar surface area (TPSA) is 125 Å². The number of ether oxygens (including phenoxy) is 1. The van der Waals surface area contributed by atoms with Crippen molar-refractivity contribution in [3.05, 3.63) is 0 Å². The first-order valence-corrected chi connectivity index (χ1v) is 6.05. The second kappa shape index (κ2) is 7.57. The van der Waals surface area contributed by atoms with Gasteiger partial charge in [-0.1, -0.05) is 0 Å². The molecule has 0 aromatic carbocycles. The summed E-state index contributed by atoms with van der Waals surface area (Å²) in [6.07, 6.45) is 1.70. The first-order chi connectivity index (χ1) is 8.99. The molecule has 4 N–H and O–H groups in total. The lowest BCUT2D eigenvalue weighted by Gasteiger charge is -2.13. The summed E-state index contributed by atoms with van der Waals surface area (Å²) in [5, 5.41) is 21.7. The number of nitrogens with one attached hydrogen (secondary N) is 2. The fraction of sp³-hybridized carbons (Fsp3) is 0.727. The van der Waals surface area contributed by atoms with E-state index in [0.29, 0.717) is 19.1 Å². The Morgan fingerprint density at radius 2 is 1.95 bits per heavy atom. The van der Waals surface area contributed by atoms with Crippen molar-refractivity contribution in [1.82, 2.24) is 10.6 Å². The van der Waals surface area contributed by atoms with Crippen LogP contribution in [0.4, 0.5) is 4.79 Å². The Hall–Kier alpha value is -1.83. The zero-order valence-corrected chi connectivity index (χ0v) is 10.4. The Labute approximate surface area is 110 Å². The van der Waals surface area contributed by atoms with Gasteiger partial charge in [-0.3, -0.25) is 4.79 Å². The SMILES string of the molecule is O=C(O)CC(NC(=O)NCCOCC1CC1)C(=O)O. The maximum Gasteiger partial charge on any atom is 0.326 e. The van der Waals surface area contributed by atoms with Crippen molar-refractivity contribution in [2.24, 2.45) is 5.92 Å². The fourth-order valence-corrected chi connectivity index (χ4v) is 1.36. The van der Waals surface area contributed by atoms with E-state index in [1.165, 1.54) is 12.8 Å². The smallest absolute Gasteiger partial charge is 0.326 e. The van der Waals surface area contributed by atoms with Crippen LogP contribution in [0, 0.1) is 5.92 Å². The number of hydrogen-bond donors (Lipinski definition) is 4. The van der Waals surface area contributed by atoms with E-state index in [0.717, 1.165) is 0 Å². The van der Waals surface area contributed by atoms with Crippen molar-refractivity contribution < 1.29 is 29.3 Å². The van der Waals surface area contributed by atoms with Crippen LogP contribution in [-0.2, 0) is 14.3 Å². The monoisotopic (exact) mass is 274 g/mol. The van der Waals surface area contributed by atoms with E-state index >= 15 is 0 Å². The van der Waals surface area contributed by atoms with E-state index in [4.69, 9.17) is 14.9 Å². The van der Waals surface area contributed by atoms with Crippen molar-refractivity contribution in [3.63, 3.8) is 0 Å². The third-order valence-corrected chi connectivity index (χ3v) is 2.56. The summed E-state index contributed by atoms with van der Waals surface area (Å²) >= 11 is 0. The Kier molecular flexibility index (Phi) is 6.07. The highest BCUT2D eigenvalue weighted by atomic mass is 16.5. The van der Waals surface area contributed by atoms with Crippen LogP contribution < -0.4 is 10.6 Å². The minimum atomic E-state index is -1.44. The summed E-state index contributed by atoms with van der Waals surface area (Å²) in [5.41, 5.74) is 0. The molecule has 0 bridgehead atoms. The van der Waals surface area contributed by atoms with Gasteiger partial charge in [-0.25, -0.2) is 9.59 Å². The van der Waals surface area contributed by atoms with Crippen LogP contribution in [0.5, 0.6) is 0 Å². The Morgan fingerprint density at radius 3 is 2.47 bits per heavy atom.